The topological polar surface area (TPSA) is 113 Å². The number of nitrogens with zero attached hydrogens (tertiary/aromatic N) is 1. The Labute approximate surface area is 89.2 Å². The van der Waals surface area contributed by atoms with Gasteiger partial charge in [-0.2, -0.15) is 0 Å². The molecule has 0 saturated heterocycles. The van der Waals surface area contributed by atoms with E-state index < -0.39 is 30.3 Å². The molecule has 0 radical (unpaired) electrons. The zero-order valence-corrected chi connectivity index (χ0v) is 8.73. The van der Waals surface area contributed by atoms with Crippen molar-refractivity contribution in [3.8, 4) is 0 Å². The van der Waals surface area contributed by atoms with E-state index in [0.717, 1.165) is 12.1 Å². The van der Waals surface area contributed by atoms with E-state index in [0.29, 0.717) is 6.07 Å². The number of benzene rings is 1. The summed E-state index contributed by atoms with van der Waals surface area (Å²) < 4.78 is 23.2. The molecule has 0 spiro atoms. The highest BCUT2D eigenvalue weighted by Crippen LogP contribution is 2.35. The van der Waals surface area contributed by atoms with Gasteiger partial charge in [0.2, 0.25) is 0 Å². The standard InChI is InChI=1S/C7H8FN2O5P/c8-5-1-2-6(7(3-5)10(11)12)9-4-16(13,14)15/h1-3,9H,4H2,(H2,13,14,15). The van der Waals surface area contributed by atoms with Crippen molar-refractivity contribution in [2.24, 2.45) is 0 Å². The van der Waals surface area contributed by atoms with Gasteiger partial charge in [0.1, 0.15) is 17.8 Å². The number of nitrogens with one attached hydrogen (secondary N) is 1. The van der Waals surface area contributed by atoms with Crippen LogP contribution in [0.25, 0.3) is 0 Å². The molecule has 9 heteroatoms. The maximum Gasteiger partial charge on any atom is 0.344 e. The van der Waals surface area contributed by atoms with E-state index >= 15 is 0 Å². The Hall–Kier alpha value is -1.50. The van der Waals surface area contributed by atoms with Crippen LogP contribution in [0.3, 0.4) is 0 Å². The smallest absolute Gasteiger partial charge is 0.344 e. The van der Waals surface area contributed by atoms with E-state index in [-0.39, 0.29) is 5.69 Å². The average Bonchev–Trinajstić information content (AvgIpc) is 2.14. The Morgan fingerprint density at radius 2 is 2.12 bits per heavy atom. The van der Waals surface area contributed by atoms with Crippen molar-refractivity contribution in [2.45, 2.75) is 0 Å². The van der Waals surface area contributed by atoms with Crippen LogP contribution in [0.1, 0.15) is 0 Å². The Bertz CT molecular complexity index is 460. The van der Waals surface area contributed by atoms with E-state index in [4.69, 9.17) is 9.79 Å². The van der Waals surface area contributed by atoms with Gasteiger partial charge in [-0.1, -0.05) is 0 Å². The molecule has 0 fully saturated rings. The first-order valence-electron chi connectivity index (χ1n) is 4.02. The van der Waals surface area contributed by atoms with Gasteiger partial charge in [-0.25, -0.2) is 4.39 Å². The molecule has 0 aliphatic carbocycles. The minimum absolute atomic E-state index is 0.144. The third kappa shape index (κ3) is 3.58. The van der Waals surface area contributed by atoms with E-state index in [2.05, 4.69) is 5.32 Å². The Morgan fingerprint density at radius 1 is 1.50 bits per heavy atom. The monoisotopic (exact) mass is 250 g/mol. The molecule has 0 unspecified atom stereocenters. The lowest BCUT2D eigenvalue weighted by atomic mass is 10.2. The molecule has 0 bridgehead atoms. The lowest BCUT2D eigenvalue weighted by Gasteiger charge is -2.07. The molecule has 0 aliphatic heterocycles. The lowest BCUT2D eigenvalue weighted by Crippen LogP contribution is -2.04. The third-order valence-corrected chi connectivity index (χ3v) is 2.20. The summed E-state index contributed by atoms with van der Waals surface area (Å²) in [6.07, 6.45) is -0.751. The van der Waals surface area contributed by atoms with Crippen LogP contribution in [0.4, 0.5) is 15.8 Å². The number of hydrogen-bond acceptors (Lipinski definition) is 4. The van der Waals surface area contributed by atoms with E-state index in [1.165, 1.54) is 0 Å². The lowest BCUT2D eigenvalue weighted by molar-refractivity contribution is -0.384. The van der Waals surface area contributed by atoms with Crippen LogP contribution in [0.5, 0.6) is 0 Å². The fraction of sp³-hybridized carbons (Fsp3) is 0.143. The number of anilines is 1. The molecule has 0 amide bonds. The highest BCUT2D eigenvalue weighted by atomic mass is 31.2. The van der Waals surface area contributed by atoms with Crippen molar-refractivity contribution in [3.63, 3.8) is 0 Å². The van der Waals surface area contributed by atoms with Crippen LogP contribution in [0.2, 0.25) is 0 Å². The Balaban J connectivity index is 2.96. The summed E-state index contributed by atoms with van der Waals surface area (Å²) in [6, 6.07) is 2.67. The van der Waals surface area contributed by atoms with Gasteiger partial charge in [0, 0.05) is 0 Å². The van der Waals surface area contributed by atoms with Crippen molar-refractivity contribution in [3.05, 3.63) is 34.1 Å². The molecule has 0 atom stereocenters. The first-order valence-corrected chi connectivity index (χ1v) is 5.82. The Morgan fingerprint density at radius 3 is 2.62 bits per heavy atom. The van der Waals surface area contributed by atoms with Gasteiger partial charge in [-0.3, -0.25) is 14.7 Å². The number of nitro benzene ring substituents is 1. The van der Waals surface area contributed by atoms with E-state index in [1.54, 1.807) is 0 Å². The predicted octanol–water partition coefficient (Wildman–Crippen LogP) is 1.28. The van der Waals surface area contributed by atoms with Gasteiger partial charge in [0.25, 0.3) is 5.69 Å². The summed E-state index contributed by atoms with van der Waals surface area (Å²) in [4.78, 5) is 26.8. The van der Waals surface area contributed by atoms with Crippen LogP contribution in [0.15, 0.2) is 18.2 Å². The second-order valence-corrected chi connectivity index (χ2v) is 4.56. The molecular weight excluding hydrogens is 242 g/mol. The second-order valence-electron chi connectivity index (χ2n) is 2.92. The highest BCUT2D eigenvalue weighted by molar-refractivity contribution is 7.51. The van der Waals surface area contributed by atoms with Gasteiger partial charge in [0.05, 0.1) is 11.0 Å². The summed E-state index contributed by atoms with van der Waals surface area (Å²) in [5.74, 6) is -0.798. The summed E-state index contributed by atoms with van der Waals surface area (Å²) >= 11 is 0. The maximum atomic E-state index is 12.7. The maximum absolute atomic E-state index is 12.7. The molecular formula is C7H8FN2O5P. The van der Waals surface area contributed by atoms with Crippen LogP contribution in [0, 0.1) is 15.9 Å². The molecule has 88 valence electrons. The van der Waals surface area contributed by atoms with Crippen LogP contribution < -0.4 is 5.32 Å². The highest BCUT2D eigenvalue weighted by Gasteiger charge is 2.18. The van der Waals surface area contributed by atoms with Gasteiger partial charge >= 0.3 is 7.60 Å². The van der Waals surface area contributed by atoms with E-state index in [1.807, 2.05) is 0 Å². The average molecular weight is 250 g/mol. The van der Waals surface area contributed by atoms with Crippen LogP contribution in [-0.4, -0.2) is 21.0 Å². The van der Waals surface area contributed by atoms with Crippen LogP contribution in [-0.2, 0) is 4.57 Å². The quantitative estimate of drug-likeness (QED) is 0.421. The largest absolute Gasteiger partial charge is 0.368 e. The Kier molecular flexibility index (Phi) is 3.58. The fourth-order valence-corrected chi connectivity index (χ4v) is 1.37. The zero-order chi connectivity index (χ0) is 12.3. The van der Waals surface area contributed by atoms with Crippen molar-refractivity contribution >= 4 is 19.0 Å². The molecule has 7 nitrogen and oxygen atoms in total. The molecule has 0 aromatic heterocycles. The predicted molar refractivity (Wildman–Crippen MR) is 53.6 cm³/mol. The normalized spacial score (nSPS) is 11.2. The SMILES string of the molecule is O=[N+]([O-])c1cc(F)ccc1NCP(=O)(O)O. The van der Waals surface area contributed by atoms with Crippen molar-refractivity contribution in [2.75, 3.05) is 11.6 Å². The van der Waals surface area contributed by atoms with Gasteiger partial charge in [-0.15, -0.1) is 0 Å². The molecule has 1 aromatic carbocycles. The molecule has 0 aliphatic rings. The summed E-state index contributed by atoms with van der Waals surface area (Å²) in [6.45, 7) is 0. The third-order valence-electron chi connectivity index (χ3n) is 1.63. The first-order chi connectivity index (χ1) is 7.29. The minimum Gasteiger partial charge on any atom is -0.368 e. The molecule has 16 heavy (non-hydrogen) atoms. The number of halogens is 1. The molecule has 3 N–H and O–H groups in total. The molecule has 0 heterocycles. The number of nitro groups is 1. The summed E-state index contributed by atoms with van der Waals surface area (Å²) in [7, 11) is -4.32. The van der Waals surface area contributed by atoms with Crippen molar-refractivity contribution in [1.82, 2.24) is 0 Å². The number of rotatable bonds is 4. The van der Waals surface area contributed by atoms with Gasteiger partial charge in [-0.05, 0) is 12.1 Å². The van der Waals surface area contributed by atoms with Crippen LogP contribution >= 0.6 is 7.60 Å². The summed E-state index contributed by atoms with van der Waals surface area (Å²) in [5, 5.41) is 12.7. The minimum atomic E-state index is -4.32. The van der Waals surface area contributed by atoms with Crippen molar-refractivity contribution in [1.29, 1.82) is 0 Å². The fourth-order valence-electron chi connectivity index (χ4n) is 0.993. The molecule has 1 aromatic rings. The molecule has 0 saturated carbocycles. The zero-order valence-electron chi connectivity index (χ0n) is 7.83. The second kappa shape index (κ2) is 4.56. The molecule has 1 rings (SSSR count). The van der Waals surface area contributed by atoms with Crippen molar-refractivity contribution < 1.29 is 23.7 Å². The van der Waals surface area contributed by atoms with Gasteiger partial charge in [0.15, 0.2) is 0 Å². The summed E-state index contributed by atoms with van der Waals surface area (Å²) in [5.41, 5.74) is -0.719. The van der Waals surface area contributed by atoms with Gasteiger partial charge < -0.3 is 15.1 Å². The number of hydrogen-bond donors (Lipinski definition) is 3. The van der Waals surface area contributed by atoms with E-state index in [9.17, 15) is 19.1 Å². The first kappa shape index (κ1) is 12.6.